The average Bonchev–Trinajstić information content (AvgIpc) is 3.21. The van der Waals surface area contributed by atoms with Crippen LogP contribution in [-0.4, -0.2) is 79.6 Å². The molecule has 0 N–H and O–H groups in total. The first-order valence-corrected chi connectivity index (χ1v) is 9.04. The van der Waals surface area contributed by atoms with E-state index in [9.17, 15) is 9.59 Å². The van der Waals surface area contributed by atoms with E-state index < -0.39 is 5.41 Å². The monoisotopic (exact) mass is 343 g/mol. The molecular formula is C19H25N3O3. The molecule has 1 aromatic carbocycles. The van der Waals surface area contributed by atoms with E-state index in [0.717, 1.165) is 13.0 Å². The van der Waals surface area contributed by atoms with Gasteiger partial charge in [0.05, 0.1) is 18.6 Å². The van der Waals surface area contributed by atoms with Crippen molar-refractivity contribution in [3.8, 4) is 0 Å². The maximum absolute atomic E-state index is 13.0. The van der Waals surface area contributed by atoms with E-state index in [1.807, 2.05) is 39.9 Å². The van der Waals surface area contributed by atoms with E-state index >= 15 is 0 Å². The van der Waals surface area contributed by atoms with Gasteiger partial charge in [-0.25, -0.2) is 4.79 Å². The first kappa shape index (κ1) is 16.4. The molecular weight excluding hydrogens is 318 g/mol. The Hall–Kier alpha value is -2.08. The quantitative estimate of drug-likeness (QED) is 0.774. The van der Waals surface area contributed by atoms with Gasteiger partial charge in [0, 0.05) is 45.7 Å². The predicted octanol–water partition coefficient (Wildman–Crippen LogP) is 1.39. The SMILES string of the molecule is CN1C[C@@H](c2ccccc2)[C@]2(CCN(C(=O)N3CCOCC3)C2)C1=O. The molecule has 3 aliphatic rings. The third-order valence-electron chi connectivity index (χ3n) is 5.95. The van der Waals surface area contributed by atoms with Gasteiger partial charge in [-0.1, -0.05) is 30.3 Å². The molecule has 25 heavy (non-hydrogen) atoms. The Morgan fingerprint density at radius 3 is 2.56 bits per heavy atom. The minimum absolute atomic E-state index is 0.0503. The number of rotatable bonds is 1. The number of amides is 3. The van der Waals surface area contributed by atoms with Gasteiger partial charge >= 0.3 is 6.03 Å². The largest absolute Gasteiger partial charge is 0.378 e. The van der Waals surface area contributed by atoms with Crippen LogP contribution in [-0.2, 0) is 9.53 Å². The molecule has 2 atom stereocenters. The second-order valence-electron chi connectivity index (χ2n) is 7.36. The van der Waals surface area contributed by atoms with Crippen LogP contribution in [0.5, 0.6) is 0 Å². The number of urea groups is 1. The third-order valence-corrected chi connectivity index (χ3v) is 5.95. The van der Waals surface area contributed by atoms with Crippen LogP contribution in [0.2, 0.25) is 0 Å². The van der Waals surface area contributed by atoms with Crippen molar-refractivity contribution >= 4 is 11.9 Å². The number of nitrogens with zero attached hydrogens (tertiary/aromatic N) is 3. The lowest BCUT2D eigenvalue weighted by molar-refractivity contribution is -0.134. The highest BCUT2D eigenvalue weighted by atomic mass is 16.5. The number of likely N-dealkylation sites (tertiary alicyclic amines) is 2. The van der Waals surface area contributed by atoms with Crippen molar-refractivity contribution in [1.29, 1.82) is 0 Å². The Kier molecular flexibility index (Phi) is 4.15. The molecule has 1 spiro atoms. The molecule has 3 amide bonds. The molecule has 134 valence electrons. The van der Waals surface area contributed by atoms with E-state index in [1.165, 1.54) is 5.56 Å². The van der Waals surface area contributed by atoms with Crippen LogP contribution in [0.1, 0.15) is 17.9 Å². The van der Waals surface area contributed by atoms with Crippen molar-refractivity contribution < 1.29 is 14.3 Å². The van der Waals surface area contributed by atoms with Gasteiger partial charge in [0.25, 0.3) is 0 Å². The van der Waals surface area contributed by atoms with E-state index in [1.54, 1.807) is 0 Å². The number of carbonyl (C=O) groups is 2. The van der Waals surface area contributed by atoms with Gasteiger partial charge in [0.15, 0.2) is 0 Å². The Labute approximate surface area is 148 Å². The molecule has 4 rings (SSSR count). The summed E-state index contributed by atoms with van der Waals surface area (Å²) in [5.41, 5.74) is 0.721. The molecule has 6 heteroatoms. The lowest BCUT2D eigenvalue weighted by Crippen LogP contribution is -2.48. The standard InChI is InChI=1S/C19H25N3O3/c1-20-13-16(15-5-3-2-4-6-15)19(17(20)23)7-8-22(14-19)18(24)21-9-11-25-12-10-21/h2-6,16H,7-14H2,1H3/t16-,19+/m0/s1. The van der Waals surface area contributed by atoms with Crippen molar-refractivity contribution in [2.45, 2.75) is 12.3 Å². The fourth-order valence-electron chi connectivity index (χ4n) is 4.58. The molecule has 3 heterocycles. The highest BCUT2D eigenvalue weighted by Crippen LogP contribution is 2.49. The first-order valence-electron chi connectivity index (χ1n) is 9.04. The molecule has 1 aromatic rings. The zero-order chi connectivity index (χ0) is 17.4. The number of morpholine rings is 1. The van der Waals surface area contributed by atoms with Crippen LogP contribution in [0.4, 0.5) is 4.79 Å². The summed E-state index contributed by atoms with van der Waals surface area (Å²) >= 11 is 0. The fourth-order valence-corrected chi connectivity index (χ4v) is 4.58. The Bertz CT molecular complexity index is 659. The van der Waals surface area contributed by atoms with Crippen LogP contribution in [0, 0.1) is 5.41 Å². The van der Waals surface area contributed by atoms with Crippen molar-refractivity contribution in [2.24, 2.45) is 5.41 Å². The van der Waals surface area contributed by atoms with Crippen molar-refractivity contribution in [3.63, 3.8) is 0 Å². The lowest BCUT2D eigenvalue weighted by Gasteiger charge is -2.33. The summed E-state index contributed by atoms with van der Waals surface area (Å²) < 4.78 is 5.34. The van der Waals surface area contributed by atoms with Crippen molar-refractivity contribution in [3.05, 3.63) is 35.9 Å². The fraction of sp³-hybridized carbons (Fsp3) is 0.579. The summed E-state index contributed by atoms with van der Waals surface area (Å²) in [6.07, 6.45) is 0.742. The molecule has 0 radical (unpaired) electrons. The van der Waals surface area contributed by atoms with E-state index in [0.29, 0.717) is 39.4 Å². The summed E-state index contributed by atoms with van der Waals surface area (Å²) in [6, 6.07) is 10.3. The Morgan fingerprint density at radius 2 is 1.84 bits per heavy atom. The van der Waals surface area contributed by atoms with Crippen LogP contribution in [0.3, 0.4) is 0 Å². The summed E-state index contributed by atoms with van der Waals surface area (Å²) in [5, 5.41) is 0. The molecule has 0 aromatic heterocycles. The third kappa shape index (κ3) is 2.68. The average molecular weight is 343 g/mol. The topological polar surface area (TPSA) is 53.1 Å². The summed E-state index contributed by atoms with van der Waals surface area (Å²) in [6.45, 7) is 4.36. The lowest BCUT2D eigenvalue weighted by atomic mass is 9.73. The number of hydrogen-bond acceptors (Lipinski definition) is 3. The minimum Gasteiger partial charge on any atom is -0.378 e. The second-order valence-corrected chi connectivity index (χ2v) is 7.36. The maximum atomic E-state index is 13.0. The molecule has 3 aliphatic heterocycles. The highest BCUT2D eigenvalue weighted by molar-refractivity contribution is 5.88. The van der Waals surface area contributed by atoms with Crippen LogP contribution in [0.25, 0.3) is 0 Å². The van der Waals surface area contributed by atoms with Gasteiger partial charge in [0.2, 0.25) is 5.91 Å². The molecule has 0 bridgehead atoms. The first-order chi connectivity index (χ1) is 12.1. The summed E-state index contributed by atoms with van der Waals surface area (Å²) in [5.74, 6) is 0.326. The predicted molar refractivity (Wildman–Crippen MR) is 93.2 cm³/mol. The normalized spacial score (nSPS) is 29.7. The van der Waals surface area contributed by atoms with Crippen LogP contribution < -0.4 is 0 Å². The zero-order valence-electron chi connectivity index (χ0n) is 14.7. The van der Waals surface area contributed by atoms with Crippen molar-refractivity contribution in [1.82, 2.24) is 14.7 Å². The minimum atomic E-state index is -0.474. The van der Waals surface area contributed by atoms with Crippen LogP contribution >= 0.6 is 0 Å². The van der Waals surface area contributed by atoms with E-state index in [4.69, 9.17) is 4.74 Å². The Balaban J connectivity index is 1.57. The number of carbonyl (C=O) groups excluding carboxylic acids is 2. The molecule has 3 fully saturated rings. The van der Waals surface area contributed by atoms with Gasteiger partial charge in [-0.15, -0.1) is 0 Å². The van der Waals surface area contributed by atoms with Gasteiger partial charge in [-0.2, -0.15) is 0 Å². The maximum Gasteiger partial charge on any atom is 0.320 e. The number of hydrogen-bond donors (Lipinski definition) is 0. The van der Waals surface area contributed by atoms with Gasteiger partial charge in [-0.05, 0) is 12.0 Å². The number of ether oxygens (including phenoxy) is 1. The molecule has 6 nitrogen and oxygen atoms in total. The molecule has 0 saturated carbocycles. The van der Waals surface area contributed by atoms with E-state index in [-0.39, 0.29) is 17.9 Å². The Morgan fingerprint density at radius 1 is 1.12 bits per heavy atom. The van der Waals surface area contributed by atoms with Gasteiger partial charge in [-0.3, -0.25) is 4.79 Å². The number of benzene rings is 1. The van der Waals surface area contributed by atoms with Gasteiger partial charge in [0.1, 0.15) is 0 Å². The van der Waals surface area contributed by atoms with E-state index in [2.05, 4.69) is 12.1 Å². The number of likely N-dealkylation sites (N-methyl/N-ethyl adjacent to an activating group) is 1. The molecule has 0 unspecified atom stereocenters. The second kappa shape index (κ2) is 6.33. The highest BCUT2D eigenvalue weighted by Gasteiger charge is 2.57. The summed E-state index contributed by atoms with van der Waals surface area (Å²) in [7, 11) is 1.87. The van der Waals surface area contributed by atoms with Gasteiger partial charge < -0.3 is 19.4 Å². The molecule has 0 aliphatic carbocycles. The van der Waals surface area contributed by atoms with Crippen LogP contribution in [0.15, 0.2) is 30.3 Å². The van der Waals surface area contributed by atoms with Crippen molar-refractivity contribution in [2.75, 3.05) is 53.0 Å². The molecule has 3 saturated heterocycles. The summed E-state index contributed by atoms with van der Waals surface area (Å²) in [4.78, 5) is 31.4. The smallest absolute Gasteiger partial charge is 0.320 e. The zero-order valence-corrected chi connectivity index (χ0v) is 14.7.